The predicted molar refractivity (Wildman–Crippen MR) is 116 cm³/mol. The molecule has 5 nitrogen and oxygen atoms in total. The molecule has 0 N–H and O–H groups in total. The normalized spacial score (nSPS) is 14.5. The summed E-state index contributed by atoms with van der Waals surface area (Å²) in [5, 5.41) is 0. The Morgan fingerprint density at radius 1 is 0.833 bits per heavy atom. The van der Waals surface area contributed by atoms with Crippen LogP contribution in [0.4, 0.5) is 0 Å². The van der Waals surface area contributed by atoms with E-state index in [2.05, 4.69) is 0 Å². The molecule has 0 spiro atoms. The van der Waals surface area contributed by atoms with Gasteiger partial charge in [-0.05, 0) is 28.8 Å². The number of ether oxygens (including phenoxy) is 2. The molecular weight excluding hydrogens is 398 g/mol. The van der Waals surface area contributed by atoms with Crippen LogP contribution in [-0.4, -0.2) is 25.9 Å². The van der Waals surface area contributed by atoms with Gasteiger partial charge in [0.05, 0.1) is 19.0 Å². The first-order valence-corrected chi connectivity index (χ1v) is 11.6. The van der Waals surface area contributed by atoms with Gasteiger partial charge in [-0.25, -0.2) is 8.42 Å². The van der Waals surface area contributed by atoms with Gasteiger partial charge in [0.2, 0.25) is 10.0 Å². The fourth-order valence-corrected chi connectivity index (χ4v) is 4.97. The molecule has 0 unspecified atom stereocenters. The zero-order valence-corrected chi connectivity index (χ0v) is 17.6. The topological polar surface area (TPSA) is 55.8 Å². The van der Waals surface area contributed by atoms with E-state index in [0.29, 0.717) is 32.9 Å². The van der Waals surface area contributed by atoms with E-state index in [0.717, 1.165) is 28.0 Å². The van der Waals surface area contributed by atoms with Crippen LogP contribution in [0.15, 0.2) is 78.9 Å². The number of rotatable bonds is 7. The van der Waals surface area contributed by atoms with E-state index >= 15 is 0 Å². The van der Waals surface area contributed by atoms with E-state index in [9.17, 15) is 8.42 Å². The molecule has 0 aromatic heterocycles. The Kier molecular flexibility index (Phi) is 6.47. The molecule has 6 heteroatoms. The van der Waals surface area contributed by atoms with Crippen LogP contribution in [0.1, 0.15) is 22.3 Å². The average molecular weight is 424 g/mol. The molecule has 3 aromatic rings. The molecule has 0 saturated carbocycles. The molecule has 1 aliphatic rings. The van der Waals surface area contributed by atoms with Crippen LogP contribution >= 0.6 is 0 Å². The third kappa shape index (κ3) is 5.27. The van der Waals surface area contributed by atoms with Crippen molar-refractivity contribution >= 4 is 10.0 Å². The average Bonchev–Trinajstić information content (AvgIpc) is 2.98. The molecule has 0 bridgehead atoms. The Bertz CT molecular complexity index is 1070. The second-order valence-electron chi connectivity index (χ2n) is 7.34. The Labute approximate surface area is 177 Å². The van der Waals surface area contributed by atoms with Gasteiger partial charge in [-0.15, -0.1) is 0 Å². The van der Waals surface area contributed by atoms with Crippen molar-refractivity contribution in [3.8, 4) is 5.75 Å². The summed E-state index contributed by atoms with van der Waals surface area (Å²) in [6.07, 6.45) is 0. The van der Waals surface area contributed by atoms with Gasteiger partial charge in [-0.2, -0.15) is 4.31 Å². The summed E-state index contributed by atoms with van der Waals surface area (Å²) in [6.45, 7) is 1.97. The van der Waals surface area contributed by atoms with Crippen molar-refractivity contribution in [1.29, 1.82) is 0 Å². The van der Waals surface area contributed by atoms with E-state index in [1.54, 1.807) is 0 Å². The van der Waals surface area contributed by atoms with Gasteiger partial charge in [0.15, 0.2) is 0 Å². The Morgan fingerprint density at radius 3 is 2.23 bits per heavy atom. The highest BCUT2D eigenvalue weighted by atomic mass is 32.2. The predicted octanol–water partition coefficient (Wildman–Crippen LogP) is 4.13. The first-order chi connectivity index (χ1) is 14.6. The zero-order valence-electron chi connectivity index (χ0n) is 16.7. The quantitative estimate of drug-likeness (QED) is 0.573. The highest BCUT2D eigenvalue weighted by Crippen LogP contribution is 2.27. The molecule has 0 aliphatic carbocycles. The summed E-state index contributed by atoms with van der Waals surface area (Å²) in [4.78, 5) is 0. The Morgan fingerprint density at radius 2 is 1.50 bits per heavy atom. The van der Waals surface area contributed by atoms with Crippen molar-refractivity contribution < 1.29 is 17.9 Å². The number of hydrogen-bond donors (Lipinski definition) is 0. The molecule has 0 saturated heterocycles. The van der Waals surface area contributed by atoms with Gasteiger partial charge < -0.3 is 9.47 Å². The van der Waals surface area contributed by atoms with Crippen molar-refractivity contribution in [2.24, 2.45) is 0 Å². The van der Waals surface area contributed by atoms with Crippen LogP contribution in [-0.2, 0) is 40.3 Å². The van der Waals surface area contributed by atoms with Gasteiger partial charge in [0.1, 0.15) is 12.4 Å². The molecule has 1 heterocycles. The fraction of sp³-hybridized carbons (Fsp3) is 0.250. The van der Waals surface area contributed by atoms with Gasteiger partial charge in [-0.1, -0.05) is 66.7 Å². The van der Waals surface area contributed by atoms with E-state index in [1.807, 2.05) is 78.9 Å². The molecule has 156 valence electrons. The minimum absolute atomic E-state index is 0.0109. The third-order valence-electron chi connectivity index (χ3n) is 5.04. The van der Waals surface area contributed by atoms with Crippen LogP contribution in [0.25, 0.3) is 0 Å². The van der Waals surface area contributed by atoms with Crippen LogP contribution in [0.2, 0.25) is 0 Å². The lowest BCUT2D eigenvalue weighted by molar-refractivity contribution is 0.107. The van der Waals surface area contributed by atoms with Crippen molar-refractivity contribution in [3.05, 3.63) is 101 Å². The maximum absolute atomic E-state index is 13.0. The van der Waals surface area contributed by atoms with E-state index in [4.69, 9.17) is 9.47 Å². The van der Waals surface area contributed by atoms with Crippen LogP contribution in [0, 0.1) is 0 Å². The van der Waals surface area contributed by atoms with E-state index in [-0.39, 0.29) is 5.75 Å². The summed E-state index contributed by atoms with van der Waals surface area (Å²) in [6, 6.07) is 25.1. The molecule has 1 aliphatic heterocycles. The summed E-state index contributed by atoms with van der Waals surface area (Å²) in [5.41, 5.74) is 3.76. The Balaban J connectivity index is 1.44. The van der Waals surface area contributed by atoms with Gasteiger partial charge in [-0.3, -0.25) is 0 Å². The van der Waals surface area contributed by atoms with Crippen LogP contribution < -0.4 is 4.74 Å². The monoisotopic (exact) mass is 423 g/mol. The fourth-order valence-electron chi connectivity index (χ4n) is 3.49. The molecular formula is C24H25NO4S. The second kappa shape index (κ2) is 9.43. The van der Waals surface area contributed by atoms with Crippen molar-refractivity contribution in [3.63, 3.8) is 0 Å². The van der Waals surface area contributed by atoms with Gasteiger partial charge in [0.25, 0.3) is 0 Å². The summed E-state index contributed by atoms with van der Waals surface area (Å²) in [7, 11) is -3.45. The van der Waals surface area contributed by atoms with Crippen molar-refractivity contribution in [2.45, 2.75) is 25.5 Å². The van der Waals surface area contributed by atoms with Crippen LogP contribution in [0.5, 0.6) is 5.75 Å². The molecule has 0 radical (unpaired) electrons. The smallest absolute Gasteiger partial charge is 0.218 e. The Hall–Kier alpha value is -2.67. The number of fused-ring (bicyclic) bond motifs is 1. The molecule has 0 amide bonds. The molecule has 0 atom stereocenters. The lowest BCUT2D eigenvalue weighted by Crippen LogP contribution is -2.33. The largest absolute Gasteiger partial charge is 0.492 e. The van der Waals surface area contributed by atoms with E-state index in [1.165, 1.54) is 4.31 Å². The van der Waals surface area contributed by atoms with Crippen molar-refractivity contribution in [1.82, 2.24) is 4.31 Å². The molecule has 4 rings (SSSR count). The lowest BCUT2D eigenvalue weighted by Gasteiger charge is -2.19. The third-order valence-corrected chi connectivity index (χ3v) is 6.83. The SMILES string of the molecule is O=S(=O)(Cc1ccccc1)N1CCOc2ccc(COCc3ccccc3)cc2C1. The standard InChI is InChI=1S/C24H25NO4S/c26-30(27,19-21-9-5-2-6-10-21)25-13-14-29-24-12-11-22(15-23(24)16-25)18-28-17-20-7-3-1-4-8-20/h1-12,15H,13-14,16-19H2. The highest BCUT2D eigenvalue weighted by Gasteiger charge is 2.26. The molecule has 30 heavy (non-hydrogen) atoms. The first kappa shape index (κ1) is 20.6. The minimum atomic E-state index is -3.45. The summed E-state index contributed by atoms with van der Waals surface area (Å²) >= 11 is 0. The number of nitrogens with zero attached hydrogens (tertiary/aromatic N) is 1. The van der Waals surface area contributed by atoms with E-state index < -0.39 is 10.0 Å². The van der Waals surface area contributed by atoms with Gasteiger partial charge >= 0.3 is 0 Å². The maximum Gasteiger partial charge on any atom is 0.218 e. The molecule has 3 aromatic carbocycles. The summed E-state index contributed by atoms with van der Waals surface area (Å²) < 4.78 is 39.1. The number of sulfonamides is 1. The lowest BCUT2D eigenvalue weighted by atomic mass is 10.1. The maximum atomic E-state index is 13.0. The summed E-state index contributed by atoms with van der Waals surface area (Å²) in [5.74, 6) is 0.725. The highest BCUT2D eigenvalue weighted by molar-refractivity contribution is 7.88. The first-order valence-electron chi connectivity index (χ1n) is 9.98. The number of benzene rings is 3. The molecule has 0 fully saturated rings. The van der Waals surface area contributed by atoms with Crippen LogP contribution in [0.3, 0.4) is 0 Å². The number of hydrogen-bond acceptors (Lipinski definition) is 4. The second-order valence-corrected chi connectivity index (χ2v) is 9.31. The van der Waals surface area contributed by atoms with Crippen molar-refractivity contribution in [2.75, 3.05) is 13.2 Å². The zero-order chi connectivity index (χ0) is 20.8. The minimum Gasteiger partial charge on any atom is -0.492 e. The van der Waals surface area contributed by atoms with Gasteiger partial charge in [0, 0.05) is 18.7 Å².